The second-order valence-corrected chi connectivity index (χ2v) is 8.22. The largest absolute Gasteiger partial charge is 0.497 e. The first-order valence-corrected chi connectivity index (χ1v) is 10.4. The molecule has 0 aromatic heterocycles. The highest BCUT2D eigenvalue weighted by molar-refractivity contribution is 7.93. The van der Waals surface area contributed by atoms with E-state index in [0.29, 0.717) is 22.6 Å². The lowest BCUT2D eigenvalue weighted by Gasteiger charge is -2.17. The Kier molecular flexibility index (Phi) is 5.02. The van der Waals surface area contributed by atoms with Crippen LogP contribution in [0.1, 0.15) is 0 Å². The summed E-state index contributed by atoms with van der Waals surface area (Å²) in [4.78, 5) is 12.5. The standard InChI is InChI=1S/C21H19NO6S/c1-26-16-8-10-17(11-9-16)27-12-13-28-20(23)14-22-18-6-2-4-15-5-3-7-19(21(15)18)29(22,24)25/h2-11H,12-14H2,1H3. The molecular formula is C21H19NO6S. The average Bonchev–Trinajstić information content (AvgIpc) is 2.95. The number of ether oxygens (including phenoxy) is 3. The van der Waals surface area contributed by atoms with Crippen LogP contribution in [0.25, 0.3) is 10.8 Å². The van der Waals surface area contributed by atoms with Gasteiger partial charge in [0.15, 0.2) is 0 Å². The first-order valence-electron chi connectivity index (χ1n) is 8.97. The molecule has 7 nitrogen and oxygen atoms in total. The maximum atomic E-state index is 12.9. The van der Waals surface area contributed by atoms with Crippen molar-refractivity contribution < 1.29 is 27.4 Å². The Bertz CT molecular complexity index is 1150. The van der Waals surface area contributed by atoms with Crippen molar-refractivity contribution in [3.63, 3.8) is 0 Å². The zero-order chi connectivity index (χ0) is 20.4. The molecule has 0 aliphatic carbocycles. The number of sulfonamides is 1. The molecule has 1 aliphatic heterocycles. The van der Waals surface area contributed by atoms with Gasteiger partial charge in [-0.05, 0) is 41.8 Å². The minimum absolute atomic E-state index is 0.00982. The fraction of sp³-hybridized carbons (Fsp3) is 0.190. The predicted octanol–water partition coefficient (Wildman–Crippen LogP) is 2.98. The summed E-state index contributed by atoms with van der Waals surface area (Å²) in [5.74, 6) is 0.689. The van der Waals surface area contributed by atoms with E-state index in [9.17, 15) is 13.2 Å². The molecule has 1 heterocycles. The molecule has 3 aromatic rings. The van der Waals surface area contributed by atoms with Gasteiger partial charge in [0.2, 0.25) is 0 Å². The Morgan fingerprint density at radius 2 is 1.62 bits per heavy atom. The molecule has 0 bridgehead atoms. The maximum absolute atomic E-state index is 12.9. The quantitative estimate of drug-likeness (QED) is 0.438. The first-order chi connectivity index (χ1) is 14.0. The van der Waals surface area contributed by atoms with E-state index in [2.05, 4.69) is 0 Å². The van der Waals surface area contributed by atoms with Crippen molar-refractivity contribution >= 4 is 32.5 Å². The molecule has 0 spiro atoms. The molecule has 8 heteroatoms. The summed E-state index contributed by atoms with van der Waals surface area (Å²) in [7, 11) is -2.21. The second kappa shape index (κ2) is 7.63. The lowest BCUT2D eigenvalue weighted by Crippen LogP contribution is -2.34. The van der Waals surface area contributed by atoms with E-state index in [1.807, 2.05) is 12.1 Å². The molecule has 0 radical (unpaired) electrons. The zero-order valence-electron chi connectivity index (χ0n) is 15.7. The summed E-state index contributed by atoms with van der Waals surface area (Å²) in [6, 6.07) is 17.4. The molecule has 0 saturated heterocycles. The topological polar surface area (TPSA) is 82.1 Å². The van der Waals surface area contributed by atoms with Crippen LogP contribution in [0.2, 0.25) is 0 Å². The minimum Gasteiger partial charge on any atom is -0.497 e. The number of benzene rings is 3. The van der Waals surface area contributed by atoms with E-state index < -0.39 is 22.5 Å². The third-order valence-electron chi connectivity index (χ3n) is 4.63. The Labute approximate surface area is 168 Å². The molecule has 0 saturated carbocycles. The lowest BCUT2D eigenvalue weighted by molar-refractivity contribution is -0.142. The number of nitrogens with zero attached hydrogens (tertiary/aromatic N) is 1. The molecule has 0 fully saturated rings. The fourth-order valence-electron chi connectivity index (χ4n) is 3.28. The summed E-state index contributed by atoms with van der Waals surface area (Å²) >= 11 is 0. The first kappa shape index (κ1) is 19.1. The van der Waals surface area contributed by atoms with Crippen LogP contribution >= 0.6 is 0 Å². The van der Waals surface area contributed by atoms with Gasteiger partial charge in [0.25, 0.3) is 10.0 Å². The summed E-state index contributed by atoms with van der Waals surface area (Å²) in [5.41, 5.74) is 0.490. The van der Waals surface area contributed by atoms with E-state index in [0.717, 1.165) is 9.69 Å². The zero-order valence-corrected chi connectivity index (χ0v) is 16.5. The summed E-state index contributed by atoms with van der Waals surface area (Å²) in [5, 5.41) is 1.44. The van der Waals surface area contributed by atoms with Crippen molar-refractivity contribution in [2.75, 3.05) is 31.2 Å². The monoisotopic (exact) mass is 413 g/mol. The Morgan fingerprint density at radius 3 is 2.34 bits per heavy atom. The van der Waals surface area contributed by atoms with Crippen molar-refractivity contribution in [2.45, 2.75) is 4.90 Å². The van der Waals surface area contributed by atoms with Gasteiger partial charge in [0.1, 0.15) is 31.3 Å². The molecule has 150 valence electrons. The van der Waals surface area contributed by atoms with E-state index in [1.54, 1.807) is 55.6 Å². The number of carbonyl (C=O) groups is 1. The van der Waals surface area contributed by atoms with Crippen molar-refractivity contribution in [1.29, 1.82) is 0 Å². The van der Waals surface area contributed by atoms with Crippen LogP contribution in [0.15, 0.2) is 65.6 Å². The van der Waals surface area contributed by atoms with Crippen LogP contribution in [0, 0.1) is 0 Å². The number of methoxy groups -OCH3 is 1. The highest BCUT2D eigenvalue weighted by Crippen LogP contribution is 2.41. The molecule has 0 amide bonds. The maximum Gasteiger partial charge on any atom is 0.326 e. The normalized spacial score (nSPS) is 14.0. The molecule has 0 atom stereocenters. The van der Waals surface area contributed by atoms with Gasteiger partial charge in [-0.25, -0.2) is 8.42 Å². The third kappa shape index (κ3) is 3.58. The molecule has 0 unspecified atom stereocenters. The molecule has 3 aromatic carbocycles. The van der Waals surface area contributed by atoms with Gasteiger partial charge < -0.3 is 14.2 Å². The molecule has 0 N–H and O–H groups in total. The lowest BCUT2D eigenvalue weighted by atomic mass is 10.1. The summed E-state index contributed by atoms with van der Waals surface area (Å²) in [6.45, 7) is -0.227. The molecular weight excluding hydrogens is 394 g/mol. The highest BCUT2D eigenvalue weighted by atomic mass is 32.2. The van der Waals surface area contributed by atoms with Crippen LogP contribution in [-0.4, -0.2) is 41.3 Å². The Hall–Kier alpha value is -3.26. The van der Waals surface area contributed by atoms with Crippen molar-refractivity contribution in [1.82, 2.24) is 0 Å². The number of hydrogen-bond acceptors (Lipinski definition) is 6. The van der Waals surface area contributed by atoms with Crippen molar-refractivity contribution in [3.8, 4) is 11.5 Å². The third-order valence-corrected chi connectivity index (χ3v) is 6.43. The van der Waals surface area contributed by atoms with E-state index in [4.69, 9.17) is 14.2 Å². The van der Waals surface area contributed by atoms with Gasteiger partial charge in [0.05, 0.1) is 17.7 Å². The average molecular weight is 413 g/mol. The summed E-state index contributed by atoms with van der Waals surface area (Å²) in [6.07, 6.45) is 0. The van der Waals surface area contributed by atoms with Crippen LogP contribution in [0.3, 0.4) is 0 Å². The Morgan fingerprint density at radius 1 is 0.931 bits per heavy atom. The van der Waals surface area contributed by atoms with Gasteiger partial charge in [-0.3, -0.25) is 9.10 Å². The minimum atomic E-state index is -3.78. The van der Waals surface area contributed by atoms with Gasteiger partial charge in [0, 0.05) is 5.39 Å². The highest BCUT2D eigenvalue weighted by Gasteiger charge is 2.36. The van der Waals surface area contributed by atoms with Gasteiger partial charge in [-0.1, -0.05) is 24.3 Å². The van der Waals surface area contributed by atoms with Crippen LogP contribution in [0.4, 0.5) is 5.69 Å². The fourth-order valence-corrected chi connectivity index (χ4v) is 4.93. The SMILES string of the molecule is COc1ccc(OCCOC(=O)CN2c3cccc4cccc(c34)S2(=O)=O)cc1. The Balaban J connectivity index is 1.37. The van der Waals surface area contributed by atoms with E-state index in [1.165, 1.54) is 0 Å². The number of hydrogen-bond donors (Lipinski definition) is 0. The smallest absolute Gasteiger partial charge is 0.326 e. The second-order valence-electron chi connectivity index (χ2n) is 6.39. The van der Waals surface area contributed by atoms with E-state index in [-0.39, 0.29) is 18.1 Å². The van der Waals surface area contributed by atoms with Crippen LogP contribution in [-0.2, 0) is 19.6 Å². The predicted molar refractivity (Wildman–Crippen MR) is 108 cm³/mol. The summed E-state index contributed by atoms with van der Waals surface area (Å²) < 4.78 is 42.5. The number of carbonyl (C=O) groups excluding carboxylic acids is 1. The number of anilines is 1. The van der Waals surface area contributed by atoms with Gasteiger partial charge in [-0.15, -0.1) is 0 Å². The van der Waals surface area contributed by atoms with E-state index >= 15 is 0 Å². The van der Waals surface area contributed by atoms with Crippen LogP contribution in [0.5, 0.6) is 11.5 Å². The van der Waals surface area contributed by atoms with Gasteiger partial charge in [-0.2, -0.15) is 0 Å². The van der Waals surface area contributed by atoms with Gasteiger partial charge >= 0.3 is 5.97 Å². The van der Waals surface area contributed by atoms with Crippen LogP contribution < -0.4 is 13.8 Å². The number of rotatable bonds is 7. The van der Waals surface area contributed by atoms with Crippen molar-refractivity contribution in [2.24, 2.45) is 0 Å². The number of esters is 1. The molecule has 29 heavy (non-hydrogen) atoms. The van der Waals surface area contributed by atoms with Crippen molar-refractivity contribution in [3.05, 3.63) is 60.7 Å². The molecule has 1 aliphatic rings. The molecule has 4 rings (SSSR count).